The van der Waals surface area contributed by atoms with Crippen molar-refractivity contribution in [2.75, 3.05) is 21.2 Å². The molecule has 0 radical (unpaired) electrons. The Morgan fingerprint density at radius 2 is 1.72 bits per heavy atom. The lowest BCUT2D eigenvalue weighted by atomic mass is 10.2. The van der Waals surface area contributed by atoms with E-state index in [1.165, 1.54) is 33.3 Å². The number of hydrogen-bond donors (Lipinski definition) is 1. The molecule has 7 nitrogen and oxygen atoms in total. The second-order valence-corrected chi connectivity index (χ2v) is 7.46. The van der Waals surface area contributed by atoms with Gasteiger partial charge >= 0.3 is 10.2 Å². The van der Waals surface area contributed by atoms with Crippen LogP contribution >= 0.6 is 11.6 Å². The van der Waals surface area contributed by atoms with E-state index in [9.17, 15) is 13.2 Å². The fourth-order valence-corrected chi connectivity index (χ4v) is 2.49. The van der Waals surface area contributed by atoms with Crippen LogP contribution in [-0.2, 0) is 10.2 Å². The first-order valence-corrected chi connectivity index (χ1v) is 8.91. The van der Waals surface area contributed by atoms with Crippen molar-refractivity contribution < 1.29 is 22.7 Å². The molecule has 2 rings (SSSR count). The zero-order chi connectivity index (χ0) is 18.6. The molecule has 134 valence electrons. The van der Waals surface area contributed by atoms with Crippen molar-refractivity contribution >= 4 is 27.7 Å². The summed E-state index contributed by atoms with van der Waals surface area (Å²) in [5.41, 5.74) is 0.181. The summed E-state index contributed by atoms with van der Waals surface area (Å²) in [7, 11) is 0.304. The predicted molar refractivity (Wildman–Crippen MR) is 94.6 cm³/mol. The Hall–Kier alpha value is -2.29. The lowest BCUT2D eigenvalue weighted by Crippen LogP contribution is -2.39. The first-order chi connectivity index (χ1) is 11.7. The van der Waals surface area contributed by atoms with Gasteiger partial charge in [0.2, 0.25) is 0 Å². The minimum absolute atomic E-state index is 0.181. The first kappa shape index (κ1) is 19.0. The molecule has 1 amide bonds. The summed E-state index contributed by atoms with van der Waals surface area (Å²) in [6.45, 7) is 0. The van der Waals surface area contributed by atoms with Crippen molar-refractivity contribution in [2.24, 2.45) is 0 Å². The molecule has 0 heterocycles. The van der Waals surface area contributed by atoms with Crippen molar-refractivity contribution in [3.63, 3.8) is 0 Å². The Labute approximate surface area is 151 Å². The number of halogens is 1. The maximum absolute atomic E-state index is 12.0. The molecule has 0 fully saturated rings. The van der Waals surface area contributed by atoms with Gasteiger partial charge in [-0.3, -0.25) is 4.79 Å². The number of nitrogens with zero attached hydrogens (tertiary/aromatic N) is 1. The third kappa shape index (κ3) is 4.85. The van der Waals surface area contributed by atoms with Gasteiger partial charge in [-0.15, -0.1) is 0 Å². The third-order valence-electron chi connectivity index (χ3n) is 3.17. The average Bonchev–Trinajstić information content (AvgIpc) is 2.56. The number of amides is 1. The largest absolute Gasteiger partial charge is 0.493 e. The normalized spacial score (nSPS) is 11.2. The Kier molecular flexibility index (Phi) is 5.89. The highest BCUT2D eigenvalue weighted by Crippen LogP contribution is 2.33. The molecule has 0 saturated carbocycles. The molecule has 0 unspecified atom stereocenters. The van der Waals surface area contributed by atoms with Crippen molar-refractivity contribution in [1.29, 1.82) is 0 Å². The van der Waals surface area contributed by atoms with Gasteiger partial charge in [0, 0.05) is 30.7 Å². The smallest absolute Gasteiger partial charge is 0.303 e. The summed E-state index contributed by atoms with van der Waals surface area (Å²) in [5.74, 6) is 0.641. The zero-order valence-electron chi connectivity index (χ0n) is 13.8. The fourth-order valence-electron chi connectivity index (χ4n) is 1.79. The third-order valence-corrected chi connectivity index (χ3v) is 4.81. The molecule has 0 atom stereocenters. The molecular weight excluding hydrogens is 368 g/mol. The molecule has 2 aromatic carbocycles. The van der Waals surface area contributed by atoms with Crippen LogP contribution in [0.3, 0.4) is 0 Å². The summed E-state index contributed by atoms with van der Waals surface area (Å²) in [5, 5.41) is 0.512. The van der Waals surface area contributed by atoms with E-state index >= 15 is 0 Å². The zero-order valence-corrected chi connectivity index (χ0v) is 15.4. The van der Waals surface area contributed by atoms with Crippen LogP contribution in [0.5, 0.6) is 17.2 Å². The van der Waals surface area contributed by atoms with E-state index < -0.39 is 16.1 Å². The number of carbonyl (C=O) groups is 1. The molecule has 0 aliphatic heterocycles. The molecule has 0 aliphatic rings. The molecule has 0 aliphatic carbocycles. The monoisotopic (exact) mass is 384 g/mol. The van der Waals surface area contributed by atoms with Gasteiger partial charge in [0.05, 0.1) is 7.11 Å². The Morgan fingerprint density at radius 1 is 1.08 bits per heavy atom. The standard InChI is InChI=1S/C16H17ClN2O5S/c1-19(2)25(21,22)18-16(20)11-4-7-13(8-5-11)24-14-9-6-12(17)10-15(14)23-3/h4-10H,1-3H3,(H,18,20). The topological polar surface area (TPSA) is 84.9 Å². The number of ether oxygens (including phenoxy) is 2. The highest BCUT2D eigenvalue weighted by Gasteiger charge is 2.18. The molecule has 9 heteroatoms. The number of rotatable bonds is 6. The van der Waals surface area contributed by atoms with E-state index in [0.29, 0.717) is 22.3 Å². The van der Waals surface area contributed by atoms with Crippen molar-refractivity contribution in [3.8, 4) is 17.2 Å². The highest BCUT2D eigenvalue weighted by molar-refractivity contribution is 7.87. The average molecular weight is 385 g/mol. The second-order valence-electron chi connectivity index (χ2n) is 5.14. The predicted octanol–water partition coefficient (Wildman–Crippen LogP) is 2.68. The number of methoxy groups -OCH3 is 1. The van der Waals surface area contributed by atoms with E-state index in [1.54, 1.807) is 30.3 Å². The Balaban J connectivity index is 2.14. The van der Waals surface area contributed by atoms with E-state index in [4.69, 9.17) is 21.1 Å². The van der Waals surface area contributed by atoms with E-state index in [2.05, 4.69) is 0 Å². The maximum Gasteiger partial charge on any atom is 0.303 e. The minimum Gasteiger partial charge on any atom is -0.493 e. The summed E-state index contributed by atoms with van der Waals surface area (Å²) in [4.78, 5) is 12.0. The van der Waals surface area contributed by atoms with E-state index in [-0.39, 0.29) is 5.56 Å². The molecule has 0 bridgehead atoms. The van der Waals surface area contributed by atoms with Gasteiger partial charge in [-0.2, -0.15) is 12.7 Å². The fraction of sp³-hybridized carbons (Fsp3) is 0.188. The molecule has 25 heavy (non-hydrogen) atoms. The summed E-state index contributed by atoms with van der Waals surface area (Å²) in [6, 6.07) is 10.9. The molecular formula is C16H17ClN2O5S. The minimum atomic E-state index is -3.84. The number of nitrogens with one attached hydrogen (secondary N) is 1. The van der Waals surface area contributed by atoms with Gasteiger partial charge in [-0.05, 0) is 36.4 Å². The van der Waals surface area contributed by atoms with Crippen molar-refractivity contribution in [1.82, 2.24) is 9.03 Å². The van der Waals surface area contributed by atoms with Crippen LogP contribution < -0.4 is 14.2 Å². The molecule has 1 N–H and O–H groups in total. The van der Waals surface area contributed by atoms with Crippen LogP contribution in [0.4, 0.5) is 0 Å². The number of carbonyl (C=O) groups excluding carboxylic acids is 1. The van der Waals surface area contributed by atoms with E-state index in [1.807, 2.05) is 4.72 Å². The Morgan fingerprint density at radius 3 is 2.28 bits per heavy atom. The Bertz CT molecular complexity index is 867. The van der Waals surface area contributed by atoms with Crippen LogP contribution in [0.2, 0.25) is 5.02 Å². The molecule has 0 spiro atoms. The van der Waals surface area contributed by atoms with Gasteiger partial charge in [0.25, 0.3) is 5.91 Å². The quantitative estimate of drug-likeness (QED) is 0.827. The van der Waals surface area contributed by atoms with Gasteiger partial charge < -0.3 is 9.47 Å². The number of hydrogen-bond acceptors (Lipinski definition) is 5. The van der Waals surface area contributed by atoms with Crippen LogP contribution in [0.25, 0.3) is 0 Å². The van der Waals surface area contributed by atoms with Gasteiger partial charge in [-0.25, -0.2) is 4.72 Å². The molecule has 2 aromatic rings. The number of benzene rings is 2. The maximum atomic E-state index is 12.0. The van der Waals surface area contributed by atoms with Crippen molar-refractivity contribution in [2.45, 2.75) is 0 Å². The van der Waals surface area contributed by atoms with E-state index in [0.717, 1.165) is 4.31 Å². The summed E-state index contributed by atoms with van der Waals surface area (Å²) >= 11 is 5.90. The second kappa shape index (κ2) is 7.73. The van der Waals surface area contributed by atoms with Crippen LogP contribution in [0, 0.1) is 0 Å². The lowest BCUT2D eigenvalue weighted by Gasteiger charge is -2.13. The van der Waals surface area contributed by atoms with Crippen LogP contribution in [0.15, 0.2) is 42.5 Å². The van der Waals surface area contributed by atoms with Crippen LogP contribution in [0.1, 0.15) is 10.4 Å². The van der Waals surface area contributed by atoms with Gasteiger partial charge in [0.1, 0.15) is 5.75 Å². The molecule has 0 saturated heterocycles. The van der Waals surface area contributed by atoms with Crippen molar-refractivity contribution in [3.05, 3.63) is 53.1 Å². The first-order valence-electron chi connectivity index (χ1n) is 7.09. The summed E-state index contributed by atoms with van der Waals surface area (Å²) < 4.78 is 37.1. The lowest BCUT2D eigenvalue weighted by molar-refractivity contribution is 0.0979. The van der Waals surface area contributed by atoms with Crippen LogP contribution in [-0.4, -0.2) is 39.8 Å². The molecule has 0 aromatic heterocycles. The van der Waals surface area contributed by atoms with Gasteiger partial charge in [-0.1, -0.05) is 11.6 Å². The SMILES string of the molecule is COc1cc(Cl)ccc1Oc1ccc(C(=O)NS(=O)(=O)N(C)C)cc1. The van der Waals surface area contributed by atoms with Gasteiger partial charge in [0.15, 0.2) is 11.5 Å². The highest BCUT2D eigenvalue weighted by atomic mass is 35.5. The summed E-state index contributed by atoms with van der Waals surface area (Å²) in [6.07, 6.45) is 0.